The van der Waals surface area contributed by atoms with Gasteiger partial charge in [-0.3, -0.25) is 14.4 Å². The second-order valence-corrected chi connectivity index (χ2v) is 22.4. The summed E-state index contributed by atoms with van der Waals surface area (Å²) in [5.74, 6) is -3.12. The molecule has 1 aliphatic heterocycles. The van der Waals surface area contributed by atoms with E-state index < -0.39 is 67.3 Å². The zero-order chi connectivity index (χ0) is 57.5. The molecule has 6 unspecified atom stereocenters. The number of aliphatic hydroxyl groups is 2. The van der Waals surface area contributed by atoms with E-state index in [-0.39, 0.29) is 25.9 Å². The van der Waals surface area contributed by atoms with Crippen LogP contribution in [0.2, 0.25) is 0 Å². The van der Waals surface area contributed by atoms with Gasteiger partial charge in [-0.2, -0.15) is 0 Å². The van der Waals surface area contributed by atoms with Gasteiger partial charge in [-0.25, -0.2) is 4.79 Å². The van der Waals surface area contributed by atoms with Crippen molar-refractivity contribution in [2.75, 3.05) is 13.2 Å². The second-order valence-electron chi connectivity index (χ2n) is 22.4. The van der Waals surface area contributed by atoms with Gasteiger partial charge in [0.15, 0.2) is 24.6 Å². The Morgan fingerprint density at radius 3 is 1.16 bits per heavy atom. The van der Waals surface area contributed by atoms with Gasteiger partial charge < -0.3 is 39.0 Å². The summed E-state index contributed by atoms with van der Waals surface area (Å²) in [6.07, 6.45) is 54.9. The molecular weight excluding hydrogens is 997 g/mol. The van der Waals surface area contributed by atoms with Crippen LogP contribution in [0.25, 0.3) is 0 Å². The first kappa shape index (κ1) is 73.7. The van der Waals surface area contributed by atoms with Crippen molar-refractivity contribution in [2.45, 2.75) is 340 Å². The lowest BCUT2D eigenvalue weighted by Crippen LogP contribution is -2.61. The van der Waals surface area contributed by atoms with Gasteiger partial charge in [-0.05, 0) is 83.5 Å². The molecule has 0 radical (unpaired) electrons. The average molecular weight is 1120 g/mol. The molecule has 0 aliphatic carbocycles. The van der Waals surface area contributed by atoms with Crippen LogP contribution < -0.4 is 0 Å². The first-order valence-electron chi connectivity index (χ1n) is 32.6. The summed E-state index contributed by atoms with van der Waals surface area (Å²) in [6.45, 7) is 5.97. The average Bonchev–Trinajstić information content (AvgIpc) is 3.47. The lowest BCUT2D eigenvalue weighted by atomic mass is 9.98. The van der Waals surface area contributed by atoms with E-state index >= 15 is 0 Å². The molecule has 1 saturated heterocycles. The zero-order valence-corrected chi connectivity index (χ0v) is 50.6. The smallest absolute Gasteiger partial charge is 0.335 e. The molecular formula is C67H118O12. The van der Waals surface area contributed by atoms with E-state index in [0.717, 1.165) is 109 Å². The predicted molar refractivity (Wildman–Crippen MR) is 322 cm³/mol. The van der Waals surface area contributed by atoms with E-state index in [4.69, 9.17) is 23.7 Å². The summed E-state index contributed by atoms with van der Waals surface area (Å²) in [5, 5.41) is 31.6. The highest BCUT2D eigenvalue weighted by Crippen LogP contribution is 2.27. The number of aliphatic carboxylic acids is 1. The first-order valence-corrected chi connectivity index (χ1v) is 32.6. The van der Waals surface area contributed by atoms with Gasteiger partial charge >= 0.3 is 23.9 Å². The number of aliphatic hydroxyl groups excluding tert-OH is 2. The normalized spacial score (nSPS) is 18.1. The lowest BCUT2D eigenvalue weighted by molar-refractivity contribution is -0.301. The standard InChI is InChI=1S/C67H118O12/c1-4-7-10-13-16-19-22-25-28-30-33-35-38-41-44-47-50-53-59(68)75-56-58(77-60(69)54-51-48-45-42-39-36-32-27-24-21-18-15-12-9-6-3)57-76-67-65(63(72)62(71)64(79-67)66(73)74)78-61(70)55-52-49-46-43-40-37-34-31-29-26-23-20-17-14-11-8-5-2/h16,18-19,21,25,27-28,32,58,62-65,67,71-72H,4-15,17,20,22-24,26,29-31,33-57H2,1-3H3,(H,73,74)/b19-16-,21-18-,28-25-,32-27-. The molecule has 1 fully saturated rings. The Hall–Kier alpha value is -3.32. The third-order valence-electron chi connectivity index (χ3n) is 14.9. The number of ether oxygens (including phenoxy) is 5. The molecule has 1 rings (SSSR count). The van der Waals surface area contributed by atoms with Gasteiger partial charge in [0.05, 0.1) is 6.61 Å². The molecule has 6 atom stereocenters. The van der Waals surface area contributed by atoms with E-state index in [1.165, 1.54) is 135 Å². The third kappa shape index (κ3) is 45.0. The molecule has 1 aliphatic rings. The molecule has 0 spiro atoms. The second kappa shape index (κ2) is 55.2. The molecule has 0 saturated carbocycles. The molecule has 79 heavy (non-hydrogen) atoms. The Morgan fingerprint density at radius 1 is 0.418 bits per heavy atom. The summed E-state index contributed by atoms with van der Waals surface area (Å²) in [5.41, 5.74) is 0. The Kier molecular flexibility index (Phi) is 51.5. The van der Waals surface area contributed by atoms with Crippen molar-refractivity contribution in [1.29, 1.82) is 0 Å². The highest BCUT2D eigenvalue weighted by Gasteiger charge is 2.50. The number of carboxylic acid groups (broad SMARTS) is 1. The molecule has 0 bridgehead atoms. The maximum atomic E-state index is 13.2. The van der Waals surface area contributed by atoms with Crippen LogP contribution in [-0.4, -0.2) is 89.2 Å². The van der Waals surface area contributed by atoms with Crippen LogP contribution in [0, 0.1) is 0 Å². The number of hydrogen-bond donors (Lipinski definition) is 3. The number of carbonyl (C=O) groups excluding carboxylic acids is 3. The number of esters is 3. The number of carbonyl (C=O) groups is 4. The van der Waals surface area contributed by atoms with Gasteiger partial charge in [0.25, 0.3) is 0 Å². The van der Waals surface area contributed by atoms with Crippen molar-refractivity contribution in [3.8, 4) is 0 Å². The summed E-state index contributed by atoms with van der Waals surface area (Å²) in [7, 11) is 0. The van der Waals surface area contributed by atoms with Crippen LogP contribution in [0.5, 0.6) is 0 Å². The molecule has 12 nitrogen and oxygen atoms in total. The van der Waals surface area contributed by atoms with Gasteiger partial charge in [0, 0.05) is 19.3 Å². The molecule has 0 amide bonds. The fraction of sp³-hybridized carbons (Fsp3) is 0.821. The first-order chi connectivity index (χ1) is 38.6. The topological polar surface area (TPSA) is 175 Å². The number of rotatable bonds is 56. The van der Waals surface area contributed by atoms with E-state index in [2.05, 4.69) is 69.4 Å². The predicted octanol–water partition coefficient (Wildman–Crippen LogP) is 17.3. The summed E-state index contributed by atoms with van der Waals surface area (Å²) in [6, 6.07) is 0. The van der Waals surface area contributed by atoms with Crippen molar-refractivity contribution in [3.63, 3.8) is 0 Å². The molecule has 458 valence electrons. The Balaban J connectivity index is 2.66. The zero-order valence-electron chi connectivity index (χ0n) is 50.6. The minimum atomic E-state index is -1.90. The van der Waals surface area contributed by atoms with Crippen LogP contribution >= 0.6 is 0 Å². The SMILES string of the molecule is CCCCC/C=C\C/C=C\CCCCCCCCCC(=O)OCC(COC1OC(C(=O)O)C(O)C(O)C1OC(=O)CCCCCCCCCCCCCCCCCCC)OC(=O)CCCCCCC/C=C\C/C=C\CCCCC. The van der Waals surface area contributed by atoms with E-state index in [1.54, 1.807) is 0 Å². The van der Waals surface area contributed by atoms with Crippen LogP contribution in [0.1, 0.15) is 303 Å². The largest absolute Gasteiger partial charge is 0.479 e. The van der Waals surface area contributed by atoms with Crippen molar-refractivity contribution < 1.29 is 58.2 Å². The van der Waals surface area contributed by atoms with Gasteiger partial charge in [-0.1, -0.05) is 249 Å². The summed E-state index contributed by atoms with van der Waals surface area (Å²) >= 11 is 0. The summed E-state index contributed by atoms with van der Waals surface area (Å²) < 4.78 is 28.5. The maximum absolute atomic E-state index is 13.2. The number of allylic oxidation sites excluding steroid dienone is 8. The fourth-order valence-electron chi connectivity index (χ4n) is 9.84. The molecule has 3 N–H and O–H groups in total. The maximum Gasteiger partial charge on any atom is 0.335 e. The Labute approximate surface area is 482 Å². The Bertz CT molecular complexity index is 1560. The number of hydrogen-bond acceptors (Lipinski definition) is 11. The minimum Gasteiger partial charge on any atom is -0.479 e. The Morgan fingerprint density at radius 2 is 0.759 bits per heavy atom. The fourth-order valence-corrected chi connectivity index (χ4v) is 9.84. The van der Waals surface area contributed by atoms with E-state index in [9.17, 15) is 34.5 Å². The van der Waals surface area contributed by atoms with Gasteiger partial charge in [-0.15, -0.1) is 0 Å². The van der Waals surface area contributed by atoms with Crippen molar-refractivity contribution in [3.05, 3.63) is 48.6 Å². The molecule has 0 aromatic rings. The van der Waals surface area contributed by atoms with Crippen molar-refractivity contribution in [2.24, 2.45) is 0 Å². The van der Waals surface area contributed by atoms with Crippen molar-refractivity contribution >= 4 is 23.9 Å². The van der Waals surface area contributed by atoms with E-state index in [1.807, 2.05) is 0 Å². The summed E-state index contributed by atoms with van der Waals surface area (Å²) in [4.78, 5) is 51.3. The molecule has 1 heterocycles. The third-order valence-corrected chi connectivity index (χ3v) is 14.9. The van der Waals surface area contributed by atoms with Gasteiger partial charge in [0.2, 0.25) is 0 Å². The molecule has 0 aromatic carbocycles. The number of carboxylic acids is 1. The van der Waals surface area contributed by atoms with Crippen LogP contribution in [-0.2, 0) is 42.9 Å². The van der Waals surface area contributed by atoms with E-state index in [0.29, 0.717) is 19.3 Å². The highest BCUT2D eigenvalue weighted by atomic mass is 16.7. The monoisotopic (exact) mass is 1110 g/mol. The quantitative estimate of drug-likeness (QED) is 0.0228. The van der Waals surface area contributed by atoms with Gasteiger partial charge in [0.1, 0.15) is 18.8 Å². The van der Waals surface area contributed by atoms with Crippen LogP contribution in [0.3, 0.4) is 0 Å². The number of unbranched alkanes of at least 4 members (excludes halogenated alkanes) is 34. The molecule has 12 heteroatoms. The highest BCUT2D eigenvalue weighted by molar-refractivity contribution is 5.74. The minimum absolute atomic E-state index is 0.0624. The molecule has 0 aromatic heterocycles. The van der Waals surface area contributed by atoms with Crippen LogP contribution in [0.4, 0.5) is 0 Å². The van der Waals surface area contributed by atoms with Crippen molar-refractivity contribution in [1.82, 2.24) is 0 Å². The van der Waals surface area contributed by atoms with Crippen LogP contribution in [0.15, 0.2) is 48.6 Å². The lowest BCUT2D eigenvalue weighted by Gasteiger charge is -2.40.